The highest BCUT2D eigenvalue weighted by Gasteiger charge is 2.36. The number of furan rings is 1. The van der Waals surface area contributed by atoms with Gasteiger partial charge >= 0.3 is 11.9 Å². The van der Waals surface area contributed by atoms with Crippen LogP contribution in [0.1, 0.15) is 5.76 Å². The van der Waals surface area contributed by atoms with Gasteiger partial charge in [-0.3, -0.25) is 19.8 Å². The first-order valence-corrected chi connectivity index (χ1v) is 5.73. The van der Waals surface area contributed by atoms with Crippen LogP contribution in [0.25, 0.3) is 0 Å². The number of carboxylic acid groups (broad SMARTS) is 1. The molecule has 0 radical (unpaired) electrons. The predicted octanol–water partition coefficient (Wildman–Crippen LogP) is 0.719. The molecule has 0 saturated carbocycles. The van der Waals surface area contributed by atoms with Crippen molar-refractivity contribution in [3.05, 3.63) is 28.0 Å². The van der Waals surface area contributed by atoms with Crippen molar-refractivity contribution in [3.8, 4) is 0 Å². The van der Waals surface area contributed by atoms with Crippen LogP contribution in [0.15, 0.2) is 16.5 Å². The molecule has 1 aromatic rings. The van der Waals surface area contributed by atoms with E-state index in [2.05, 4.69) is 0 Å². The van der Waals surface area contributed by atoms with Gasteiger partial charge in [-0.05, 0) is 13.1 Å². The molecule has 0 amide bonds. The van der Waals surface area contributed by atoms with E-state index in [4.69, 9.17) is 14.3 Å². The Morgan fingerprint density at radius 3 is 2.89 bits per heavy atom. The zero-order valence-electron chi connectivity index (χ0n) is 10.3. The summed E-state index contributed by atoms with van der Waals surface area (Å²) in [5.74, 6) is -1.39. The molecule has 1 aromatic heterocycles. The van der Waals surface area contributed by atoms with E-state index in [1.54, 1.807) is 11.9 Å². The predicted molar refractivity (Wildman–Crippen MR) is 62.6 cm³/mol. The lowest BCUT2D eigenvalue weighted by molar-refractivity contribution is -0.402. The van der Waals surface area contributed by atoms with E-state index < -0.39 is 16.8 Å². The van der Waals surface area contributed by atoms with E-state index in [1.807, 2.05) is 0 Å². The molecule has 0 bridgehead atoms. The highest BCUT2D eigenvalue weighted by atomic mass is 16.6. The molecular formula is C11H14N2O6. The fourth-order valence-corrected chi connectivity index (χ4v) is 2.13. The standard InChI is InChI=1S/C11H14N2O6/c1-12(9-6-18-5-8(9)11(14)15)4-7-2-3-10(19-7)13(16)17/h2-3,8-9H,4-6H2,1H3,(H,14,15). The normalized spacial score (nSPS) is 22.8. The average Bonchev–Trinajstić information content (AvgIpc) is 2.96. The summed E-state index contributed by atoms with van der Waals surface area (Å²) in [7, 11) is 1.74. The van der Waals surface area contributed by atoms with E-state index in [1.165, 1.54) is 12.1 Å². The van der Waals surface area contributed by atoms with Crippen molar-refractivity contribution in [2.45, 2.75) is 12.6 Å². The van der Waals surface area contributed by atoms with Crippen LogP contribution in [0.2, 0.25) is 0 Å². The summed E-state index contributed by atoms with van der Waals surface area (Å²) in [6.07, 6.45) is 0. The van der Waals surface area contributed by atoms with Gasteiger partial charge in [0.2, 0.25) is 0 Å². The van der Waals surface area contributed by atoms with Gasteiger partial charge in [0, 0.05) is 6.04 Å². The summed E-state index contributed by atoms with van der Waals surface area (Å²) in [6, 6.07) is 2.53. The molecule has 0 spiro atoms. The fraction of sp³-hybridized carbons (Fsp3) is 0.545. The molecule has 104 valence electrons. The number of ether oxygens (including phenoxy) is 1. The summed E-state index contributed by atoms with van der Waals surface area (Å²) in [5.41, 5.74) is 0. The van der Waals surface area contributed by atoms with E-state index in [-0.39, 0.29) is 18.5 Å². The fourth-order valence-electron chi connectivity index (χ4n) is 2.13. The lowest BCUT2D eigenvalue weighted by Crippen LogP contribution is -2.40. The largest absolute Gasteiger partial charge is 0.481 e. The van der Waals surface area contributed by atoms with Gasteiger partial charge < -0.3 is 14.3 Å². The molecule has 2 atom stereocenters. The molecule has 0 aliphatic carbocycles. The van der Waals surface area contributed by atoms with Crippen LogP contribution in [0.5, 0.6) is 0 Å². The Balaban J connectivity index is 2.01. The van der Waals surface area contributed by atoms with Crippen molar-refractivity contribution in [1.82, 2.24) is 4.90 Å². The number of nitro groups is 1. The Morgan fingerprint density at radius 2 is 2.32 bits per heavy atom. The van der Waals surface area contributed by atoms with Gasteiger partial charge in [-0.1, -0.05) is 0 Å². The van der Waals surface area contributed by atoms with E-state index in [0.29, 0.717) is 18.9 Å². The number of likely N-dealkylation sites (N-methyl/N-ethyl adjacent to an activating group) is 1. The smallest absolute Gasteiger partial charge is 0.433 e. The minimum atomic E-state index is -0.903. The highest BCUT2D eigenvalue weighted by molar-refractivity contribution is 5.71. The third-order valence-electron chi connectivity index (χ3n) is 3.17. The molecule has 1 aliphatic rings. The number of carboxylic acids is 1. The number of hydrogen-bond acceptors (Lipinski definition) is 6. The average molecular weight is 270 g/mol. The number of rotatable bonds is 5. The second-order valence-electron chi connectivity index (χ2n) is 4.46. The van der Waals surface area contributed by atoms with Crippen LogP contribution in [0, 0.1) is 16.0 Å². The second kappa shape index (κ2) is 5.37. The number of carbonyl (C=O) groups is 1. The summed E-state index contributed by atoms with van der Waals surface area (Å²) in [4.78, 5) is 22.7. The van der Waals surface area contributed by atoms with Gasteiger partial charge in [-0.2, -0.15) is 0 Å². The first kappa shape index (κ1) is 13.5. The molecule has 0 aromatic carbocycles. The molecule has 1 fully saturated rings. The number of hydrogen-bond donors (Lipinski definition) is 1. The Labute approximate surface area is 108 Å². The highest BCUT2D eigenvalue weighted by Crippen LogP contribution is 2.22. The molecule has 2 unspecified atom stereocenters. The first-order valence-electron chi connectivity index (χ1n) is 5.73. The maximum atomic E-state index is 11.0. The summed E-state index contributed by atoms with van der Waals surface area (Å²) < 4.78 is 10.2. The van der Waals surface area contributed by atoms with Crippen LogP contribution < -0.4 is 0 Å². The summed E-state index contributed by atoms with van der Waals surface area (Å²) in [6.45, 7) is 0.810. The van der Waals surface area contributed by atoms with Crippen LogP contribution in [0.3, 0.4) is 0 Å². The quantitative estimate of drug-likeness (QED) is 0.620. The van der Waals surface area contributed by atoms with Crippen LogP contribution >= 0.6 is 0 Å². The van der Waals surface area contributed by atoms with Crippen LogP contribution in [-0.2, 0) is 16.1 Å². The lowest BCUT2D eigenvalue weighted by Gasteiger charge is -2.24. The first-order chi connectivity index (χ1) is 8.99. The molecule has 1 aliphatic heterocycles. The lowest BCUT2D eigenvalue weighted by atomic mass is 10.0. The number of aliphatic carboxylic acids is 1. The number of nitrogens with zero attached hydrogens (tertiary/aromatic N) is 2. The molecule has 1 saturated heterocycles. The van der Waals surface area contributed by atoms with Gasteiger partial charge in [0.15, 0.2) is 0 Å². The van der Waals surface area contributed by atoms with Gasteiger partial charge in [0.05, 0.1) is 31.7 Å². The summed E-state index contributed by atoms with van der Waals surface area (Å²) >= 11 is 0. The maximum absolute atomic E-state index is 11.0. The van der Waals surface area contributed by atoms with Gasteiger partial charge in [0.25, 0.3) is 0 Å². The van der Waals surface area contributed by atoms with Crippen molar-refractivity contribution in [3.63, 3.8) is 0 Å². The third kappa shape index (κ3) is 2.91. The molecule has 8 heteroatoms. The molecular weight excluding hydrogens is 256 g/mol. The van der Waals surface area contributed by atoms with Crippen molar-refractivity contribution < 1.29 is 24.0 Å². The zero-order chi connectivity index (χ0) is 14.0. The third-order valence-corrected chi connectivity index (χ3v) is 3.17. The Kier molecular flexibility index (Phi) is 3.82. The van der Waals surface area contributed by atoms with Gasteiger partial charge in [0.1, 0.15) is 10.7 Å². The topological polar surface area (TPSA) is 106 Å². The molecule has 1 N–H and O–H groups in total. The Morgan fingerprint density at radius 1 is 1.58 bits per heavy atom. The van der Waals surface area contributed by atoms with E-state index in [0.717, 1.165) is 0 Å². The minimum Gasteiger partial charge on any atom is -0.481 e. The van der Waals surface area contributed by atoms with Crippen molar-refractivity contribution >= 4 is 11.9 Å². The van der Waals surface area contributed by atoms with Crippen molar-refractivity contribution in [2.75, 3.05) is 20.3 Å². The molecule has 2 rings (SSSR count). The minimum absolute atomic E-state index is 0.183. The molecule has 19 heavy (non-hydrogen) atoms. The van der Waals surface area contributed by atoms with Gasteiger partial charge in [-0.15, -0.1) is 0 Å². The Bertz CT molecular complexity index is 485. The zero-order valence-corrected chi connectivity index (χ0v) is 10.3. The van der Waals surface area contributed by atoms with Crippen LogP contribution in [0.4, 0.5) is 5.88 Å². The SMILES string of the molecule is CN(Cc1ccc([N+](=O)[O-])o1)C1COCC1C(=O)O. The maximum Gasteiger partial charge on any atom is 0.433 e. The molecule has 2 heterocycles. The van der Waals surface area contributed by atoms with E-state index in [9.17, 15) is 14.9 Å². The van der Waals surface area contributed by atoms with Crippen molar-refractivity contribution in [2.24, 2.45) is 5.92 Å². The monoisotopic (exact) mass is 270 g/mol. The Hall–Kier alpha value is -1.93. The van der Waals surface area contributed by atoms with Crippen LogP contribution in [-0.4, -0.2) is 47.2 Å². The molecule has 8 nitrogen and oxygen atoms in total. The van der Waals surface area contributed by atoms with E-state index >= 15 is 0 Å². The van der Waals surface area contributed by atoms with Crippen molar-refractivity contribution in [1.29, 1.82) is 0 Å². The summed E-state index contributed by atoms with van der Waals surface area (Å²) in [5, 5.41) is 19.6. The van der Waals surface area contributed by atoms with Gasteiger partial charge in [-0.25, -0.2) is 0 Å². The second-order valence-corrected chi connectivity index (χ2v) is 4.46.